The van der Waals surface area contributed by atoms with Gasteiger partial charge in [-0.1, -0.05) is 170 Å². The van der Waals surface area contributed by atoms with Gasteiger partial charge in [0.2, 0.25) is 0 Å². The molecule has 2 nitrogen and oxygen atoms in total. The summed E-state index contributed by atoms with van der Waals surface area (Å²) in [5.41, 5.74) is 16.3. The number of unbranched alkanes of at least 4 members (excludes halogenated alkanes) is 9. The van der Waals surface area contributed by atoms with E-state index in [1.54, 1.807) is 0 Å². The Morgan fingerprint density at radius 1 is 0.459 bits per heavy atom. The number of hydrogen-bond acceptors (Lipinski definition) is 2. The number of aryl methyl sites for hydroxylation is 2. The summed E-state index contributed by atoms with van der Waals surface area (Å²) in [4.78, 5) is 4.87. The van der Waals surface area contributed by atoms with E-state index in [4.69, 9.17) is 6.58 Å². The van der Waals surface area contributed by atoms with E-state index < -0.39 is 0 Å². The van der Waals surface area contributed by atoms with Crippen LogP contribution in [0.2, 0.25) is 0 Å². The number of allylic oxidation sites excluding steroid dienone is 1. The lowest BCUT2D eigenvalue weighted by Gasteiger charge is -2.35. The Bertz CT molecular complexity index is 2110. The molecule has 0 aliphatic heterocycles. The minimum Gasteiger partial charge on any atom is -0.310 e. The normalized spacial score (nSPS) is 12.6. The molecule has 0 heterocycles. The van der Waals surface area contributed by atoms with E-state index in [-0.39, 0.29) is 5.41 Å². The first kappa shape index (κ1) is 44.7. The standard InChI is InChI=1S/C57H64Br2N2/c1-6-8-10-12-14-16-38-57(41-44(5)17-15-13-11-9-7-2)55-39-51(60(47-26-18-42(3)19-27-47)49-30-22-45(58)23-31-49)34-36-53(55)54-37-35-52(40-56(54)57)61(48-28-20-43(4)21-29-48)50-32-24-46(59)25-33-50/h18-37,39-40H,5-17,38,41H2,1-4H3. The van der Waals surface area contributed by atoms with Gasteiger partial charge in [0.05, 0.1) is 0 Å². The molecule has 0 saturated heterocycles. The SMILES string of the molecule is C=C(CCCCCCC)CC1(CCCCCCCC)c2cc(N(c3ccc(C)cc3)c3ccc(Br)cc3)ccc2-c2ccc(N(c3ccc(C)cc3)c3ccc(Br)cc3)cc21. The molecule has 0 radical (unpaired) electrons. The minimum absolute atomic E-state index is 0.223. The molecule has 7 rings (SSSR count). The summed E-state index contributed by atoms with van der Waals surface area (Å²) >= 11 is 7.41. The lowest BCUT2D eigenvalue weighted by Crippen LogP contribution is -2.27. The second kappa shape index (κ2) is 21.1. The molecule has 1 aliphatic rings. The fourth-order valence-electron chi connectivity index (χ4n) is 9.46. The summed E-state index contributed by atoms with van der Waals surface area (Å²) in [6.45, 7) is 13.8. The number of hydrogen-bond donors (Lipinski definition) is 0. The van der Waals surface area contributed by atoms with Crippen molar-refractivity contribution in [2.75, 3.05) is 9.80 Å². The highest BCUT2D eigenvalue weighted by atomic mass is 79.9. The minimum atomic E-state index is -0.223. The average molecular weight is 937 g/mol. The topological polar surface area (TPSA) is 6.48 Å². The van der Waals surface area contributed by atoms with E-state index in [2.05, 4.69) is 203 Å². The number of benzene rings is 6. The van der Waals surface area contributed by atoms with Crippen molar-refractivity contribution in [3.8, 4) is 11.1 Å². The van der Waals surface area contributed by atoms with Crippen LogP contribution in [0.3, 0.4) is 0 Å². The number of fused-ring (bicyclic) bond motifs is 3. The molecule has 4 heteroatoms. The molecule has 0 atom stereocenters. The van der Waals surface area contributed by atoms with E-state index in [0.717, 1.165) is 51.0 Å². The first-order chi connectivity index (χ1) is 29.7. The molecule has 0 amide bonds. The van der Waals surface area contributed by atoms with Gasteiger partial charge in [-0.2, -0.15) is 0 Å². The van der Waals surface area contributed by atoms with Crippen LogP contribution in [0.5, 0.6) is 0 Å². The number of nitrogens with zero attached hydrogens (tertiary/aromatic N) is 2. The fourth-order valence-corrected chi connectivity index (χ4v) is 9.99. The Labute approximate surface area is 384 Å². The fraction of sp³-hybridized carbons (Fsp3) is 0.333. The monoisotopic (exact) mass is 934 g/mol. The van der Waals surface area contributed by atoms with Gasteiger partial charge in [-0.3, -0.25) is 0 Å². The highest BCUT2D eigenvalue weighted by Gasteiger charge is 2.44. The van der Waals surface area contributed by atoms with Gasteiger partial charge in [0.1, 0.15) is 0 Å². The molecule has 0 saturated carbocycles. The van der Waals surface area contributed by atoms with Crippen LogP contribution < -0.4 is 9.80 Å². The van der Waals surface area contributed by atoms with Crippen molar-refractivity contribution in [1.29, 1.82) is 0 Å². The Morgan fingerprint density at radius 2 is 0.820 bits per heavy atom. The largest absolute Gasteiger partial charge is 0.310 e. The zero-order valence-electron chi connectivity index (χ0n) is 37.0. The summed E-state index contributed by atoms with van der Waals surface area (Å²) in [5, 5.41) is 0. The third kappa shape index (κ3) is 10.6. The highest BCUT2D eigenvalue weighted by molar-refractivity contribution is 9.10. The number of rotatable bonds is 21. The van der Waals surface area contributed by atoms with Crippen molar-refractivity contribution >= 4 is 66.0 Å². The van der Waals surface area contributed by atoms with Crippen LogP contribution >= 0.6 is 31.9 Å². The predicted molar refractivity (Wildman–Crippen MR) is 272 cm³/mol. The van der Waals surface area contributed by atoms with Gasteiger partial charge in [-0.15, -0.1) is 0 Å². The summed E-state index contributed by atoms with van der Waals surface area (Å²) in [5.74, 6) is 0. The molecule has 0 aromatic heterocycles. The van der Waals surface area contributed by atoms with Crippen LogP contribution in [0, 0.1) is 13.8 Å². The van der Waals surface area contributed by atoms with Crippen molar-refractivity contribution in [3.63, 3.8) is 0 Å². The maximum atomic E-state index is 4.90. The van der Waals surface area contributed by atoms with Crippen LogP contribution in [-0.4, -0.2) is 0 Å². The van der Waals surface area contributed by atoms with Crippen LogP contribution in [0.1, 0.15) is 126 Å². The molecule has 0 spiro atoms. The van der Waals surface area contributed by atoms with E-state index in [0.29, 0.717) is 0 Å². The molecule has 316 valence electrons. The average Bonchev–Trinajstić information content (AvgIpc) is 3.52. The second-order valence-electron chi connectivity index (χ2n) is 17.4. The van der Waals surface area contributed by atoms with E-state index in [1.165, 1.54) is 121 Å². The van der Waals surface area contributed by atoms with E-state index in [9.17, 15) is 0 Å². The van der Waals surface area contributed by atoms with Crippen LogP contribution in [0.4, 0.5) is 34.1 Å². The summed E-state index contributed by atoms with van der Waals surface area (Å²) in [7, 11) is 0. The molecule has 6 aromatic rings. The molecule has 0 N–H and O–H groups in total. The number of anilines is 6. The van der Waals surface area contributed by atoms with E-state index in [1.807, 2.05) is 0 Å². The van der Waals surface area contributed by atoms with Crippen molar-refractivity contribution in [2.24, 2.45) is 0 Å². The molecule has 0 bridgehead atoms. The van der Waals surface area contributed by atoms with E-state index >= 15 is 0 Å². The lowest BCUT2D eigenvalue weighted by molar-refractivity contribution is 0.436. The summed E-state index contributed by atoms with van der Waals surface area (Å²) in [6.07, 6.45) is 17.1. The van der Waals surface area contributed by atoms with Crippen molar-refractivity contribution in [3.05, 3.63) is 177 Å². The molecule has 0 unspecified atom stereocenters. The Morgan fingerprint density at radius 3 is 1.25 bits per heavy atom. The van der Waals surface area contributed by atoms with Gasteiger partial charge < -0.3 is 9.80 Å². The third-order valence-electron chi connectivity index (χ3n) is 12.7. The molecule has 1 aliphatic carbocycles. The zero-order valence-corrected chi connectivity index (χ0v) is 40.1. The van der Waals surface area contributed by atoms with Crippen LogP contribution in [-0.2, 0) is 5.41 Å². The van der Waals surface area contributed by atoms with Crippen molar-refractivity contribution in [2.45, 2.75) is 123 Å². The van der Waals surface area contributed by atoms with Gasteiger partial charge in [-0.25, -0.2) is 0 Å². The number of halogens is 2. The molecular weight excluding hydrogens is 872 g/mol. The Balaban J connectivity index is 1.40. The van der Waals surface area contributed by atoms with Gasteiger partial charge in [-0.05, 0) is 159 Å². The maximum Gasteiger partial charge on any atom is 0.0465 e. The van der Waals surface area contributed by atoms with Gasteiger partial charge in [0, 0.05) is 48.5 Å². The molecule has 0 fully saturated rings. The van der Waals surface area contributed by atoms with Crippen LogP contribution in [0.25, 0.3) is 11.1 Å². The van der Waals surface area contributed by atoms with Crippen LogP contribution in [0.15, 0.2) is 155 Å². The first-order valence-electron chi connectivity index (χ1n) is 22.9. The van der Waals surface area contributed by atoms with Crippen molar-refractivity contribution in [1.82, 2.24) is 0 Å². The second-order valence-corrected chi connectivity index (χ2v) is 19.3. The quantitative estimate of drug-likeness (QED) is 0.0524. The first-order valence-corrected chi connectivity index (χ1v) is 24.5. The summed E-state index contributed by atoms with van der Waals surface area (Å²) in [6, 6.07) is 50.1. The Kier molecular flexibility index (Phi) is 15.5. The van der Waals surface area contributed by atoms with Gasteiger partial charge in [0.15, 0.2) is 0 Å². The third-order valence-corrected chi connectivity index (χ3v) is 13.8. The smallest absolute Gasteiger partial charge is 0.0465 e. The van der Waals surface area contributed by atoms with Crippen molar-refractivity contribution < 1.29 is 0 Å². The maximum absolute atomic E-state index is 4.90. The van der Waals surface area contributed by atoms with Gasteiger partial charge in [0.25, 0.3) is 0 Å². The lowest BCUT2D eigenvalue weighted by atomic mass is 9.69. The molecule has 61 heavy (non-hydrogen) atoms. The highest BCUT2D eigenvalue weighted by Crippen LogP contribution is 2.57. The molecule has 6 aromatic carbocycles. The predicted octanol–water partition coefficient (Wildman–Crippen LogP) is 19.1. The Hall–Kier alpha value is -4.38. The van der Waals surface area contributed by atoms with Gasteiger partial charge >= 0.3 is 0 Å². The molecular formula is C57H64Br2N2. The summed E-state index contributed by atoms with van der Waals surface area (Å²) < 4.78 is 2.16. The zero-order chi connectivity index (χ0) is 42.8.